The molecule has 0 spiro atoms. The first kappa shape index (κ1) is 17.0. The summed E-state index contributed by atoms with van der Waals surface area (Å²) in [6.07, 6.45) is 2.96. The van der Waals surface area contributed by atoms with Gasteiger partial charge in [-0.25, -0.2) is 9.69 Å². The van der Waals surface area contributed by atoms with E-state index in [2.05, 4.69) is 15.9 Å². The second kappa shape index (κ2) is 8.32. The van der Waals surface area contributed by atoms with Gasteiger partial charge in [-0.15, -0.1) is 0 Å². The van der Waals surface area contributed by atoms with Crippen LogP contribution in [0, 0.1) is 5.92 Å². The van der Waals surface area contributed by atoms with Crippen molar-refractivity contribution in [3.8, 4) is 0 Å². The Morgan fingerprint density at radius 2 is 2.09 bits per heavy atom. The molecule has 1 fully saturated rings. The number of nitrogens with zero attached hydrogens (tertiary/aromatic N) is 1. The number of hydrogen-bond acceptors (Lipinski definition) is 3. The number of halogens is 1. The number of imide groups is 1. The maximum atomic E-state index is 12.6. The van der Waals surface area contributed by atoms with E-state index in [0.29, 0.717) is 6.42 Å². The molecule has 1 unspecified atom stereocenters. The fourth-order valence-corrected chi connectivity index (χ4v) is 3.07. The number of benzene rings is 1. The molecule has 1 saturated heterocycles. The van der Waals surface area contributed by atoms with E-state index in [1.807, 2.05) is 37.3 Å². The normalized spacial score (nSPS) is 19.1. The van der Waals surface area contributed by atoms with Crippen molar-refractivity contribution in [2.24, 2.45) is 5.92 Å². The molecule has 2 amide bonds. The van der Waals surface area contributed by atoms with Crippen LogP contribution in [0.5, 0.6) is 0 Å². The second-order valence-corrected chi connectivity index (χ2v) is 6.51. The van der Waals surface area contributed by atoms with E-state index in [1.165, 1.54) is 4.90 Å². The Hall–Kier alpha value is -1.36. The Morgan fingerprint density at radius 3 is 2.77 bits per heavy atom. The van der Waals surface area contributed by atoms with Crippen molar-refractivity contribution in [1.82, 2.24) is 4.90 Å². The van der Waals surface area contributed by atoms with Gasteiger partial charge in [-0.1, -0.05) is 59.6 Å². The van der Waals surface area contributed by atoms with Gasteiger partial charge in [0.15, 0.2) is 0 Å². The fraction of sp³-hybridized carbons (Fsp3) is 0.529. The number of amides is 2. The van der Waals surface area contributed by atoms with E-state index >= 15 is 0 Å². The SMILES string of the molecule is C[C@@H](CCCCBr)C(=O)N1C(=O)OCC1Cc1ccccc1. The average molecular weight is 368 g/mol. The number of rotatable bonds is 7. The highest BCUT2D eigenvalue weighted by molar-refractivity contribution is 9.09. The molecule has 120 valence electrons. The summed E-state index contributed by atoms with van der Waals surface area (Å²) in [6, 6.07) is 9.69. The van der Waals surface area contributed by atoms with E-state index in [-0.39, 0.29) is 24.5 Å². The zero-order valence-corrected chi connectivity index (χ0v) is 14.4. The molecule has 0 saturated carbocycles. The zero-order chi connectivity index (χ0) is 15.9. The van der Waals surface area contributed by atoms with Crippen LogP contribution in [0.4, 0.5) is 4.79 Å². The zero-order valence-electron chi connectivity index (χ0n) is 12.8. The van der Waals surface area contributed by atoms with Crippen molar-refractivity contribution in [2.75, 3.05) is 11.9 Å². The summed E-state index contributed by atoms with van der Waals surface area (Å²) < 4.78 is 5.11. The first-order valence-corrected chi connectivity index (χ1v) is 8.85. The third-order valence-corrected chi connectivity index (χ3v) is 4.52. The molecular weight excluding hydrogens is 346 g/mol. The fourth-order valence-electron chi connectivity index (χ4n) is 2.67. The molecule has 0 bridgehead atoms. The number of carbonyl (C=O) groups is 2. The summed E-state index contributed by atoms with van der Waals surface area (Å²) in [4.78, 5) is 25.8. The lowest BCUT2D eigenvalue weighted by molar-refractivity contribution is -0.133. The number of carbonyl (C=O) groups excluding carboxylic acids is 2. The maximum absolute atomic E-state index is 12.6. The molecule has 22 heavy (non-hydrogen) atoms. The van der Waals surface area contributed by atoms with Gasteiger partial charge in [0.05, 0.1) is 6.04 Å². The van der Waals surface area contributed by atoms with Crippen LogP contribution in [0.25, 0.3) is 0 Å². The monoisotopic (exact) mass is 367 g/mol. The second-order valence-electron chi connectivity index (χ2n) is 5.71. The average Bonchev–Trinajstić information content (AvgIpc) is 2.88. The standard InChI is InChI=1S/C17H22BrNO3/c1-13(7-5-6-10-18)16(20)19-15(12-22-17(19)21)11-14-8-3-2-4-9-14/h2-4,8-9,13,15H,5-7,10-12H2,1H3/t13-,15?/m0/s1. The molecule has 1 aliphatic heterocycles. The highest BCUT2D eigenvalue weighted by Crippen LogP contribution is 2.22. The minimum atomic E-state index is -0.502. The van der Waals surface area contributed by atoms with Crippen LogP contribution in [0.15, 0.2) is 30.3 Å². The lowest BCUT2D eigenvalue weighted by Crippen LogP contribution is -2.43. The van der Waals surface area contributed by atoms with Gasteiger partial charge in [0, 0.05) is 11.2 Å². The van der Waals surface area contributed by atoms with Gasteiger partial charge in [0.25, 0.3) is 0 Å². The predicted molar refractivity (Wildman–Crippen MR) is 88.9 cm³/mol. The topological polar surface area (TPSA) is 46.6 Å². The molecule has 1 aromatic rings. The number of ether oxygens (including phenoxy) is 1. The van der Waals surface area contributed by atoms with Crippen LogP contribution in [-0.4, -0.2) is 34.9 Å². The third-order valence-electron chi connectivity index (χ3n) is 3.95. The smallest absolute Gasteiger partial charge is 0.416 e. The van der Waals surface area contributed by atoms with Crippen molar-refractivity contribution in [3.05, 3.63) is 35.9 Å². The van der Waals surface area contributed by atoms with Crippen LogP contribution in [-0.2, 0) is 16.0 Å². The Kier molecular flexibility index (Phi) is 6.43. The molecule has 0 N–H and O–H groups in total. The van der Waals surface area contributed by atoms with Gasteiger partial charge in [0.1, 0.15) is 6.61 Å². The third kappa shape index (κ3) is 4.32. The van der Waals surface area contributed by atoms with Gasteiger partial charge in [-0.3, -0.25) is 4.79 Å². The van der Waals surface area contributed by atoms with Crippen LogP contribution in [0.2, 0.25) is 0 Å². The number of alkyl halides is 1. The van der Waals surface area contributed by atoms with E-state index in [9.17, 15) is 9.59 Å². The first-order chi connectivity index (χ1) is 10.6. The van der Waals surface area contributed by atoms with Crippen molar-refractivity contribution in [2.45, 2.75) is 38.6 Å². The van der Waals surface area contributed by atoms with Crippen molar-refractivity contribution < 1.29 is 14.3 Å². The highest BCUT2D eigenvalue weighted by atomic mass is 79.9. The van der Waals surface area contributed by atoms with Crippen molar-refractivity contribution in [3.63, 3.8) is 0 Å². The Bertz CT molecular complexity index is 506. The Balaban J connectivity index is 1.99. The van der Waals surface area contributed by atoms with E-state index in [1.54, 1.807) is 0 Å². The molecule has 1 aliphatic rings. The van der Waals surface area contributed by atoms with Gasteiger partial charge >= 0.3 is 6.09 Å². The summed E-state index contributed by atoms with van der Waals surface area (Å²) in [7, 11) is 0. The van der Waals surface area contributed by atoms with Crippen LogP contribution in [0.3, 0.4) is 0 Å². The molecular formula is C17H22BrNO3. The van der Waals surface area contributed by atoms with Gasteiger partial charge < -0.3 is 4.74 Å². The number of hydrogen-bond donors (Lipinski definition) is 0. The minimum Gasteiger partial charge on any atom is -0.447 e. The molecule has 2 atom stereocenters. The molecule has 0 aliphatic carbocycles. The molecule has 1 heterocycles. The lowest BCUT2D eigenvalue weighted by Gasteiger charge is -2.23. The van der Waals surface area contributed by atoms with Crippen molar-refractivity contribution >= 4 is 27.9 Å². The van der Waals surface area contributed by atoms with Gasteiger partial charge in [0.2, 0.25) is 5.91 Å². The first-order valence-electron chi connectivity index (χ1n) is 7.73. The molecule has 2 rings (SSSR count). The van der Waals surface area contributed by atoms with E-state index in [4.69, 9.17) is 4.74 Å². The minimum absolute atomic E-state index is 0.113. The largest absolute Gasteiger partial charge is 0.447 e. The molecule has 5 heteroatoms. The molecule has 0 aromatic heterocycles. The summed E-state index contributed by atoms with van der Waals surface area (Å²) in [5.74, 6) is -0.263. The van der Waals surface area contributed by atoms with Crippen LogP contribution in [0.1, 0.15) is 31.7 Å². The predicted octanol–water partition coefficient (Wildman–Crippen LogP) is 3.78. The van der Waals surface area contributed by atoms with Gasteiger partial charge in [-0.2, -0.15) is 0 Å². The molecule has 1 aromatic carbocycles. The van der Waals surface area contributed by atoms with Crippen molar-refractivity contribution in [1.29, 1.82) is 0 Å². The summed E-state index contributed by atoms with van der Waals surface area (Å²) in [5, 5.41) is 0.941. The van der Waals surface area contributed by atoms with Gasteiger partial charge in [-0.05, 0) is 24.8 Å². The van der Waals surface area contributed by atoms with E-state index in [0.717, 1.165) is 30.2 Å². The maximum Gasteiger partial charge on any atom is 0.416 e. The lowest BCUT2D eigenvalue weighted by atomic mass is 10.0. The summed E-state index contributed by atoms with van der Waals surface area (Å²) >= 11 is 3.39. The number of cyclic esters (lactones) is 1. The quantitative estimate of drug-likeness (QED) is 0.544. The molecule has 4 nitrogen and oxygen atoms in total. The molecule has 0 radical (unpaired) electrons. The highest BCUT2D eigenvalue weighted by Gasteiger charge is 2.39. The number of unbranched alkanes of at least 4 members (excludes halogenated alkanes) is 1. The van der Waals surface area contributed by atoms with Crippen LogP contribution < -0.4 is 0 Å². The summed E-state index contributed by atoms with van der Waals surface area (Å²) in [6.45, 7) is 2.18. The summed E-state index contributed by atoms with van der Waals surface area (Å²) in [5.41, 5.74) is 1.11. The van der Waals surface area contributed by atoms with Crippen LogP contribution >= 0.6 is 15.9 Å². The van der Waals surface area contributed by atoms with E-state index < -0.39 is 6.09 Å². The Labute approximate surface area is 140 Å². The Morgan fingerprint density at radius 1 is 1.36 bits per heavy atom.